The van der Waals surface area contributed by atoms with Gasteiger partial charge in [-0.2, -0.15) is 0 Å². The lowest BCUT2D eigenvalue weighted by Gasteiger charge is -2.16. The minimum absolute atomic E-state index is 0.0766. The Morgan fingerprint density at radius 1 is 0.692 bits per heavy atom. The smallest absolute Gasteiger partial charge is 0.182 e. The van der Waals surface area contributed by atoms with Gasteiger partial charge in [-0.3, -0.25) is 0 Å². The average molecular weight is 391 g/mol. The highest BCUT2D eigenvalue weighted by atomic mass is 32.2. The van der Waals surface area contributed by atoms with Gasteiger partial charge in [0.15, 0.2) is 16.5 Å². The van der Waals surface area contributed by atoms with Crippen LogP contribution in [0, 0.1) is 0 Å². The van der Waals surface area contributed by atoms with Gasteiger partial charge in [0.05, 0.1) is 6.10 Å². The molecule has 4 heteroatoms. The molecular weight excluding hydrogens is 344 g/mol. The Balaban J connectivity index is 3.16. The van der Waals surface area contributed by atoms with Gasteiger partial charge in [0.1, 0.15) is 0 Å². The lowest BCUT2D eigenvalue weighted by Crippen LogP contribution is -2.20. The van der Waals surface area contributed by atoms with Gasteiger partial charge < -0.3 is 9.29 Å². The van der Waals surface area contributed by atoms with Crippen LogP contribution in [-0.2, 0) is 15.8 Å². The summed E-state index contributed by atoms with van der Waals surface area (Å²) in [6, 6.07) is 0. The summed E-state index contributed by atoms with van der Waals surface area (Å²) in [6.07, 6.45) is 23.2. The summed E-state index contributed by atoms with van der Waals surface area (Å²) < 4.78 is 25.3. The molecule has 0 fully saturated rings. The van der Waals surface area contributed by atoms with Crippen LogP contribution in [-0.4, -0.2) is 20.3 Å². The van der Waals surface area contributed by atoms with Crippen LogP contribution in [0.2, 0.25) is 0 Å². The van der Waals surface area contributed by atoms with Crippen LogP contribution in [0.1, 0.15) is 130 Å². The lowest BCUT2D eigenvalue weighted by molar-refractivity contribution is 0.0433. The zero-order valence-electron chi connectivity index (χ0n) is 17.8. The van der Waals surface area contributed by atoms with Crippen molar-refractivity contribution in [1.29, 1.82) is 0 Å². The van der Waals surface area contributed by atoms with Crippen molar-refractivity contribution >= 4 is 11.1 Å². The number of hydrogen-bond acceptors (Lipinski definition) is 2. The largest absolute Gasteiger partial charge is 0.360 e. The maximum absolute atomic E-state index is 10.8. The molecule has 0 aliphatic carbocycles. The summed E-state index contributed by atoms with van der Waals surface area (Å²) in [5.41, 5.74) is -0.578. The van der Waals surface area contributed by atoms with Gasteiger partial charge in [0.25, 0.3) is 0 Å². The van der Waals surface area contributed by atoms with E-state index in [1.165, 1.54) is 96.3 Å². The topological polar surface area (TPSA) is 46.5 Å². The van der Waals surface area contributed by atoms with Crippen LogP contribution in [0.3, 0.4) is 0 Å². The monoisotopic (exact) mass is 390 g/mol. The minimum atomic E-state index is -1.87. The Kier molecular flexibility index (Phi) is 19.9. The molecule has 3 nitrogen and oxygen atoms in total. The third-order valence-electron chi connectivity index (χ3n) is 5.17. The number of hydrogen-bond donors (Lipinski definition) is 1. The summed E-state index contributed by atoms with van der Waals surface area (Å²) in [5.74, 6) is 0. The van der Waals surface area contributed by atoms with E-state index in [1.54, 1.807) is 6.92 Å². The average Bonchev–Trinajstić information content (AvgIpc) is 2.61. The first-order chi connectivity index (χ1) is 12.6. The summed E-state index contributed by atoms with van der Waals surface area (Å²) in [5, 5.41) is 0. The van der Waals surface area contributed by atoms with Gasteiger partial charge in [-0.25, -0.2) is 4.21 Å². The van der Waals surface area contributed by atoms with Crippen molar-refractivity contribution in [2.45, 2.75) is 141 Å². The predicted octanol–water partition coefficient (Wildman–Crippen LogP) is 7.61. The van der Waals surface area contributed by atoms with Crippen LogP contribution < -0.4 is 0 Å². The summed E-state index contributed by atoms with van der Waals surface area (Å²) in [6.45, 7) is 5.93. The molecular formula is C22H46O3S. The van der Waals surface area contributed by atoms with Crippen LogP contribution in [0.5, 0.6) is 0 Å². The number of rotatable bonds is 20. The molecule has 0 aromatic rings. The Bertz CT molecular complexity index is 310. The maximum Gasteiger partial charge on any atom is 0.182 e. The molecule has 0 aliphatic rings. The van der Waals surface area contributed by atoms with E-state index in [2.05, 4.69) is 6.92 Å². The highest BCUT2D eigenvalue weighted by molar-refractivity contribution is 7.79. The quantitative estimate of drug-likeness (QED) is 0.172. The summed E-state index contributed by atoms with van der Waals surface area (Å²) >= 11 is -1.87. The van der Waals surface area contributed by atoms with Gasteiger partial charge in [0, 0.05) is 0 Å². The molecule has 0 aliphatic heterocycles. The zero-order chi connectivity index (χ0) is 19.5. The van der Waals surface area contributed by atoms with E-state index < -0.39 is 16.5 Å². The lowest BCUT2D eigenvalue weighted by atomic mass is 10.0. The van der Waals surface area contributed by atoms with Crippen molar-refractivity contribution in [3.05, 3.63) is 0 Å². The Labute approximate surface area is 166 Å². The molecule has 0 spiro atoms. The first-order valence-corrected chi connectivity index (χ1v) is 12.5. The normalized spacial score (nSPS) is 15.1. The molecule has 0 amide bonds. The van der Waals surface area contributed by atoms with E-state index in [1.807, 2.05) is 6.92 Å². The SMILES string of the molecule is CCCCCCCCCCCCCCCCCCC(C)OC(C)S(=O)O. The van der Waals surface area contributed by atoms with Crippen molar-refractivity contribution in [3.63, 3.8) is 0 Å². The van der Waals surface area contributed by atoms with E-state index in [0.717, 1.165) is 12.8 Å². The van der Waals surface area contributed by atoms with Gasteiger partial charge in [-0.15, -0.1) is 0 Å². The van der Waals surface area contributed by atoms with Crippen LogP contribution in [0.25, 0.3) is 0 Å². The molecule has 0 heterocycles. The standard InChI is InChI=1S/C22H46O3S/c1-4-5-6-7-8-9-10-11-12-13-14-15-16-17-18-19-20-21(2)25-22(3)26(23)24/h21-22H,4-20H2,1-3H3,(H,23,24). The summed E-state index contributed by atoms with van der Waals surface area (Å²) in [4.78, 5) is 0. The molecule has 3 atom stereocenters. The van der Waals surface area contributed by atoms with Crippen molar-refractivity contribution in [1.82, 2.24) is 0 Å². The predicted molar refractivity (Wildman–Crippen MR) is 115 cm³/mol. The van der Waals surface area contributed by atoms with Crippen molar-refractivity contribution < 1.29 is 13.5 Å². The van der Waals surface area contributed by atoms with Gasteiger partial charge in [0.2, 0.25) is 0 Å². The molecule has 0 radical (unpaired) electrons. The second kappa shape index (κ2) is 19.8. The minimum Gasteiger partial charge on any atom is -0.360 e. The van der Waals surface area contributed by atoms with E-state index in [9.17, 15) is 4.21 Å². The maximum atomic E-state index is 10.8. The fraction of sp³-hybridized carbons (Fsp3) is 1.00. The van der Waals surface area contributed by atoms with Crippen LogP contribution in [0.4, 0.5) is 0 Å². The van der Waals surface area contributed by atoms with E-state index in [-0.39, 0.29) is 6.10 Å². The van der Waals surface area contributed by atoms with Crippen LogP contribution in [0.15, 0.2) is 0 Å². The van der Waals surface area contributed by atoms with E-state index in [0.29, 0.717) is 0 Å². The molecule has 0 aromatic heterocycles. The van der Waals surface area contributed by atoms with Crippen molar-refractivity contribution in [2.24, 2.45) is 0 Å². The van der Waals surface area contributed by atoms with Gasteiger partial charge >= 0.3 is 0 Å². The second-order valence-corrected chi connectivity index (χ2v) is 9.10. The highest BCUT2D eigenvalue weighted by Crippen LogP contribution is 2.15. The van der Waals surface area contributed by atoms with Gasteiger partial charge in [-0.1, -0.05) is 110 Å². The van der Waals surface area contributed by atoms with Crippen molar-refractivity contribution in [3.8, 4) is 0 Å². The molecule has 0 saturated carbocycles. The number of ether oxygens (including phenoxy) is 1. The fourth-order valence-electron chi connectivity index (χ4n) is 3.42. The van der Waals surface area contributed by atoms with Crippen molar-refractivity contribution in [2.75, 3.05) is 0 Å². The Hall–Kier alpha value is 0.0700. The number of unbranched alkanes of at least 4 members (excludes halogenated alkanes) is 15. The first-order valence-electron chi connectivity index (χ1n) is 11.3. The fourth-order valence-corrected chi connectivity index (χ4v) is 3.71. The van der Waals surface area contributed by atoms with Crippen LogP contribution >= 0.6 is 0 Å². The molecule has 0 aromatic carbocycles. The second-order valence-electron chi connectivity index (χ2n) is 7.88. The molecule has 0 saturated heterocycles. The molecule has 0 bridgehead atoms. The Morgan fingerprint density at radius 2 is 1.04 bits per heavy atom. The third kappa shape index (κ3) is 18.8. The molecule has 158 valence electrons. The van der Waals surface area contributed by atoms with Gasteiger partial charge in [-0.05, 0) is 20.3 Å². The third-order valence-corrected chi connectivity index (χ3v) is 5.85. The molecule has 3 unspecified atom stereocenters. The molecule has 1 N–H and O–H groups in total. The van der Waals surface area contributed by atoms with E-state index in [4.69, 9.17) is 9.29 Å². The highest BCUT2D eigenvalue weighted by Gasteiger charge is 2.12. The molecule has 26 heavy (non-hydrogen) atoms. The first kappa shape index (κ1) is 26.1. The Morgan fingerprint density at radius 3 is 1.38 bits per heavy atom. The molecule has 0 rings (SSSR count). The van der Waals surface area contributed by atoms with E-state index >= 15 is 0 Å². The zero-order valence-corrected chi connectivity index (χ0v) is 18.7. The summed E-state index contributed by atoms with van der Waals surface area (Å²) in [7, 11) is 0.